The molecule has 8 unspecified atom stereocenters. The molecule has 0 spiro atoms. The lowest BCUT2D eigenvalue weighted by Crippen LogP contribution is -2.76. The quantitative estimate of drug-likeness (QED) is 0.725. The molecule has 8 atom stereocenters. The van der Waals surface area contributed by atoms with Crippen LogP contribution in [0, 0.1) is 5.92 Å². The number of anilines is 1. The monoisotopic (exact) mass is 346 g/mol. The number of carbonyl (C=O) groups excluding carboxylic acids is 1. The lowest BCUT2D eigenvalue weighted by Gasteiger charge is -2.59. The Hall–Kier alpha value is -1.58. The van der Waals surface area contributed by atoms with E-state index in [4.69, 9.17) is 18.9 Å². The molecule has 1 aromatic rings. The van der Waals surface area contributed by atoms with Crippen LogP contribution in [0.15, 0.2) is 24.4 Å². The molecule has 5 aliphatic heterocycles. The van der Waals surface area contributed by atoms with Crippen LogP contribution < -0.4 is 4.90 Å². The first kappa shape index (κ1) is 14.6. The van der Waals surface area contributed by atoms with Crippen molar-refractivity contribution in [2.24, 2.45) is 5.92 Å². The number of ketones is 1. The fourth-order valence-corrected chi connectivity index (χ4v) is 5.21. The predicted octanol–water partition coefficient (Wildman–Crippen LogP) is -0.544. The van der Waals surface area contributed by atoms with Crippen LogP contribution in [-0.2, 0) is 23.7 Å². The Morgan fingerprint density at radius 3 is 2.92 bits per heavy atom. The molecule has 25 heavy (non-hydrogen) atoms. The van der Waals surface area contributed by atoms with Crippen LogP contribution in [0.3, 0.4) is 0 Å². The average Bonchev–Trinajstić information content (AvgIpc) is 3.26. The predicted molar refractivity (Wildman–Crippen MR) is 81.6 cm³/mol. The zero-order valence-electron chi connectivity index (χ0n) is 13.4. The minimum Gasteiger partial charge on any atom is -0.384 e. The summed E-state index contributed by atoms with van der Waals surface area (Å²) in [5, 5.41) is 11.5. The van der Waals surface area contributed by atoms with Gasteiger partial charge in [0.2, 0.25) is 6.29 Å². The van der Waals surface area contributed by atoms with E-state index in [9.17, 15) is 9.90 Å². The number of aliphatic hydroxyl groups is 1. The maximum atomic E-state index is 13.0. The molecule has 5 saturated heterocycles. The van der Waals surface area contributed by atoms with Crippen LogP contribution in [0.25, 0.3) is 0 Å². The molecule has 0 aliphatic carbocycles. The zero-order valence-corrected chi connectivity index (χ0v) is 13.4. The standard InChI is InChI=1S/C17H18N2O6/c20-14-12-13(10-7-22-15(14)24-10)19(11-3-1-2-4-18-11)8-5-17(12,21)16-23-6-9(8)25-16/h1-4,8-10,12-13,15-16,21H,5-7H2. The van der Waals surface area contributed by atoms with Gasteiger partial charge in [-0.3, -0.25) is 4.79 Å². The van der Waals surface area contributed by atoms with Gasteiger partial charge >= 0.3 is 0 Å². The van der Waals surface area contributed by atoms with Gasteiger partial charge in [-0.25, -0.2) is 4.98 Å². The number of piperidine rings is 1. The molecule has 5 aliphatic rings. The van der Waals surface area contributed by atoms with E-state index in [0.717, 1.165) is 5.82 Å². The van der Waals surface area contributed by atoms with Gasteiger partial charge in [-0.2, -0.15) is 0 Å². The summed E-state index contributed by atoms with van der Waals surface area (Å²) in [5.41, 5.74) is -1.36. The first-order chi connectivity index (χ1) is 12.2. The molecular weight excluding hydrogens is 328 g/mol. The van der Waals surface area contributed by atoms with E-state index in [0.29, 0.717) is 19.6 Å². The van der Waals surface area contributed by atoms with Gasteiger partial charge in [0.15, 0.2) is 12.1 Å². The smallest absolute Gasteiger partial charge is 0.218 e. The number of rotatable bonds is 1. The normalized spacial score (nSPS) is 50.0. The number of Topliss-reactive ketones (excluding diaryl/α,β-unsaturated/α-hetero) is 1. The number of nitrogens with zero attached hydrogens (tertiary/aromatic N) is 2. The highest BCUT2D eigenvalue weighted by Gasteiger charge is 2.70. The van der Waals surface area contributed by atoms with Gasteiger partial charge in [0.25, 0.3) is 0 Å². The van der Waals surface area contributed by atoms with Crippen molar-refractivity contribution >= 4 is 11.6 Å². The third-order valence-electron chi connectivity index (χ3n) is 6.19. The molecule has 6 bridgehead atoms. The number of aromatic nitrogens is 1. The maximum absolute atomic E-state index is 13.0. The van der Waals surface area contributed by atoms with E-state index in [1.54, 1.807) is 6.20 Å². The summed E-state index contributed by atoms with van der Waals surface area (Å²) in [5.74, 6) is -0.181. The number of carbonyl (C=O) groups is 1. The molecule has 1 N–H and O–H groups in total. The highest BCUT2D eigenvalue weighted by Crippen LogP contribution is 2.53. The van der Waals surface area contributed by atoms with Gasteiger partial charge in [0.05, 0.1) is 31.2 Å². The highest BCUT2D eigenvalue weighted by atomic mass is 16.7. The maximum Gasteiger partial charge on any atom is 0.218 e. The first-order valence-corrected chi connectivity index (χ1v) is 8.66. The second-order valence-electron chi connectivity index (χ2n) is 7.41. The third-order valence-corrected chi connectivity index (χ3v) is 6.19. The fraction of sp³-hybridized carbons (Fsp3) is 0.647. The lowest BCUT2D eigenvalue weighted by molar-refractivity contribution is -0.261. The van der Waals surface area contributed by atoms with Crippen LogP contribution in [0.5, 0.6) is 0 Å². The molecule has 6 rings (SSSR count). The van der Waals surface area contributed by atoms with Crippen LogP contribution >= 0.6 is 0 Å². The van der Waals surface area contributed by atoms with E-state index in [1.165, 1.54) is 0 Å². The van der Waals surface area contributed by atoms with Crippen molar-refractivity contribution in [3.8, 4) is 0 Å². The fourth-order valence-electron chi connectivity index (χ4n) is 5.21. The SMILES string of the molecule is O=C1C2OCC(O2)C2C1C1(O)CC(C3COC1O3)N2c1ccccn1. The van der Waals surface area contributed by atoms with Crippen LogP contribution in [-0.4, -0.2) is 71.6 Å². The molecule has 5 fully saturated rings. The molecule has 0 saturated carbocycles. The number of ether oxygens (including phenoxy) is 4. The Balaban J connectivity index is 1.54. The highest BCUT2D eigenvalue weighted by molar-refractivity contribution is 5.88. The molecule has 8 nitrogen and oxygen atoms in total. The molecule has 132 valence electrons. The lowest BCUT2D eigenvalue weighted by atomic mass is 9.66. The van der Waals surface area contributed by atoms with E-state index >= 15 is 0 Å². The van der Waals surface area contributed by atoms with Gasteiger partial charge in [0, 0.05) is 12.6 Å². The van der Waals surface area contributed by atoms with Crippen molar-refractivity contribution in [1.29, 1.82) is 0 Å². The number of hydrogen-bond acceptors (Lipinski definition) is 8. The molecule has 1 aromatic heterocycles. The number of fused-ring (bicyclic) bond motifs is 11. The average molecular weight is 346 g/mol. The van der Waals surface area contributed by atoms with Crippen LogP contribution in [0.1, 0.15) is 6.42 Å². The van der Waals surface area contributed by atoms with Gasteiger partial charge in [-0.1, -0.05) is 6.07 Å². The Bertz CT molecular complexity index is 731. The molecule has 6 heterocycles. The number of pyridine rings is 1. The van der Waals surface area contributed by atoms with Gasteiger partial charge in [-0.15, -0.1) is 0 Å². The van der Waals surface area contributed by atoms with Crippen molar-refractivity contribution in [3.63, 3.8) is 0 Å². The second-order valence-corrected chi connectivity index (χ2v) is 7.41. The summed E-state index contributed by atoms with van der Waals surface area (Å²) in [7, 11) is 0. The largest absolute Gasteiger partial charge is 0.384 e. The summed E-state index contributed by atoms with van der Waals surface area (Å²) in [6, 6.07) is 5.20. The molecule has 0 aromatic carbocycles. The summed E-state index contributed by atoms with van der Waals surface area (Å²) >= 11 is 0. The van der Waals surface area contributed by atoms with Crippen molar-refractivity contribution in [2.45, 2.75) is 48.9 Å². The van der Waals surface area contributed by atoms with E-state index in [-0.39, 0.29) is 30.1 Å². The summed E-state index contributed by atoms with van der Waals surface area (Å²) < 4.78 is 23.0. The van der Waals surface area contributed by atoms with E-state index in [1.807, 2.05) is 18.2 Å². The third kappa shape index (κ3) is 1.73. The minimum absolute atomic E-state index is 0.131. The summed E-state index contributed by atoms with van der Waals surface area (Å²) in [4.78, 5) is 19.6. The second kappa shape index (κ2) is 4.77. The van der Waals surface area contributed by atoms with Gasteiger partial charge < -0.3 is 29.0 Å². The molecule has 0 radical (unpaired) electrons. The van der Waals surface area contributed by atoms with Crippen molar-refractivity contribution in [2.75, 3.05) is 18.1 Å². The Morgan fingerprint density at radius 1 is 1.20 bits per heavy atom. The first-order valence-electron chi connectivity index (χ1n) is 8.66. The van der Waals surface area contributed by atoms with Crippen molar-refractivity contribution < 1.29 is 28.8 Å². The zero-order chi connectivity index (χ0) is 16.8. The molecule has 8 heteroatoms. The van der Waals surface area contributed by atoms with E-state index < -0.39 is 24.1 Å². The Labute approximate surface area is 143 Å². The van der Waals surface area contributed by atoms with Crippen LogP contribution in [0.2, 0.25) is 0 Å². The Morgan fingerprint density at radius 2 is 2.08 bits per heavy atom. The molecule has 0 amide bonds. The summed E-state index contributed by atoms with van der Waals surface area (Å²) in [6.45, 7) is 0.737. The Kier molecular flexibility index (Phi) is 2.78. The molecular formula is C17H18N2O6. The van der Waals surface area contributed by atoms with Crippen LogP contribution in [0.4, 0.5) is 5.82 Å². The van der Waals surface area contributed by atoms with Gasteiger partial charge in [-0.05, 0) is 12.1 Å². The van der Waals surface area contributed by atoms with E-state index in [2.05, 4.69) is 9.88 Å². The summed E-state index contributed by atoms with van der Waals surface area (Å²) in [6.07, 6.45) is 0.00283. The van der Waals surface area contributed by atoms with Gasteiger partial charge in [0.1, 0.15) is 23.6 Å². The van der Waals surface area contributed by atoms with Crippen molar-refractivity contribution in [1.82, 2.24) is 4.98 Å². The topological polar surface area (TPSA) is 90.4 Å². The number of hydrogen-bond donors (Lipinski definition) is 1. The minimum atomic E-state index is -1.36. The van der Waals surface area contributed by atoms with Crippen molar-refractivity contribution in [3.05, 3.63) is 24.4 Å².